The average Bonchev–Trinajstić information content (AvgIpc) is 3.08. The third-order valence-corrected chi connectivity index (χ3v) is 9.23. The van der Waals surface area contributed by atoms with Crippen LogP contribution in [-0.4, -0.2) is 67.7 Å². The molecule has 1 rings (SSSR count). The Bertz CT molecular complexity index is 591. The molecule has 0 amide bonds. The molecular weight excluding hydrogens is 497 g/mol. The highest BCUT2D eigenvalue weighted by Crippen LogP contribution is 2.48. The molecule has 2 radical (unpaired) electrons. The van der Waals surface area contributed by atoms with Gasteiger partial charge in [-0.25, -0.2) is 9.13 Å². The van der Waals surface area contributed by atoms with Crippen LogP contribution in [0.5, 0.6) is 0 Å². The number of ether oxygens (including phenoxy) is 1. The van der Waals surface area contributed by atoms with E-state index in [0.29, 0.717) is 6.42 Å². The summed E-state index contributed by atoms with van der Waals surface area (Å²) in [6.07, 6.45) is 7.20. The predicted octanol–water partition coefficient (Wildman–Crippen LogP) is 5.06. The SMILES string of the molecule is [B][C@H]1C[C@@H](OP(=O)(O)OC)[C@@H](COP(=O)(O)OCCCCCCSSCCCCCC)O1. The maximum atomic E-state index is 12.1. The average molecular weight is 534 g/mol. The van der Waals surface area contributed by atoms with E-state index in [1.165, 1.54) is 31.4 Å². The Morgan fingerprint density at radius 1 is 0.969 bits per heavy atom. The van der Waals surface area contributed by atoms with Crippen LogP contribution >= 0.6 is 37.2 Å². The second-order valence-corrected chi connectivity index (χ2v) is 13.1. The van der Waals surface area contributed by atoms with E-state index in [0.717, 1.165) is 32.1 Å². The lowest BCUT2D eigenvalue weighted by molar-refractivity contribution is -0.00843. The van der Waals surface area contributed by atoms with Crippen molar-refractivity contribution in [1.82, 2.24) is 0 Å². The van der Waals surface area contributed by atoms with Gasteiger partial charge in [-0.15, -0.1) is 0 Å². The highest BCUT2D eigenvalue weighted by Gasteiger charge is 2.40. The van der Waals surface area contributed by atoms with E-state index in [9.17, 15) is 18.9 Å². The summed E-state index contributed by atoms with van der Waals surface area (Å²) in [4.78, 5) is 19.3. The first kappa shape index (κ1) is 31.0. The van der Waals surface area contributed by atoms with Crippen molar-refractivity contribution in [3.05, 3.63) is 0 Å². The lowest BCUT2D eigenvalue weighted by Gasteiger charge is -2.21. The molecule has 0 aromatic rings. The zero-order valence-electron chi connectivity index (χ0n) is 19.0. The fraction of sp³-hybridized carbons (Fsp3) is 1.00. The van der Waals surface area contributed by atoms with E-state index in [4.69, 9.17) is 26.2 Å². The van der Waals surface area contributed by atoms with Crippen LogP contribution in [0.3, 0.4) is 0 Å². The molecule has 1 fully saturated rings. The monoisotopic (exact) mass is 534 g/mol. The van der Waals surface area contributed by atoms with Crippen molar-refractivity contribution in [3.8, 4) is 0 Å². The van der Waals surface area contributed by atoms with Gasteiger partial charge in [-0.05, 0) is 25.7 Å². The standard InChI is InChI=1S/C18H37BO9P2S2/c1-3-4-5-9-12-31-32-13-10-7-6-8-11-25-30(22,23)26-15-17-16(14-18(19)27-17)28-29(20,21)24-2/h16-18H,3-15H2,1-2H3,(H,20,21)(H,22,23)/t16-,17-,18-/m1/s1. The van der Waals surface area contributed by atoms with Crippen LogP contribution in [0, 0.1) is 0 Å². The molecule has 1 heterocycles. The number of phosphoric acid groups is 2. The quantitative estimate of drug-likeness (QED) is 0.0944. The molecule has 1 saturated heterocycles. The van der Waals surface area contributed by atoms with Crippen LogP contribution < -0.4 is 0 Å². The van der Waals surface area contributed by atoms with Crippen LogP contribution in [0.25, 0.3) is 0 Å². The molecule has 0 spiro atoms. The fourth-order valence-corrected chi connectivity index (χ4v) is 6.64. The van der Waals surface area contributed by atoms with Crippen LogP contribution in [0.15, 0.2) is 0 Å². The molecule has 0 aromatic heterocycles. The molecule has 0 aliphatic carbocycles. The van der Waals surface area contributed by atoms with Gasteiger partial charge in [0.25, 0.3) is 0 Å². The van der Waals surface area contributed by atoms with Gasteiger partial charge in [0, 0.05) is 24.6 Å². The van der Waals surface area contributed by atoms with Gasteiger partial charge in [-0.2, -0.15) is 0 Å². The van der Waals surface area contributed by atoms with E-state index >= 15 is 0 Å². The molecule has 32 heavy (non-hydrogen) atoms. The van der Waals surface area contributed by atoms with Crippen molar-refractivity contribution in [3.63, 3.8) is 0 Å². The van der Waals surface area contributed by atoms with E-state index < -0.39 is 33.9 Å². The first-order valence-corrected chi connectivity index (χ1v) is 16.5. The molecular formula is C18H37BO9P2S2. The Labute approximate surface area is 201 Å². The molecule has 0 saturated carbocycles. The van der Waals surface area contributed by atoms with Crippen molar-refractivity contribution in [2.24, 2.45) is 0 Å². The summed E-state index contributed by atoms with van der Waals surface area (Å²) in [5.74, 6) is 2.32. The minimum Gasteiger partial charge on any atom is -0.380 e. The first-order valence-electron chi connectivity index (χ1n) is 11.0. The van der Waals surface area contributed by atoms with Gasteiger partial charge in [0.05, 0.1) is 19.3 Å². The van der Waals surface area contributed by atoms with E-state index in [1.807, 2.05) is 21.6 Å². The maximum absolute atomic E-state index is 12.1. The highest BCUT2D eigenvalue weighted by molar-refractivity contribution is 8.76. The maximum Gasteiger partial charge on any atom is 0.472 e. The van der Waals surface area contributed by atoms with Gasteiger partial charge in [-0.1, -0.05) is 60.6 Å². The third-order valence-electron chi connectivity index (χ3n) is 4.67. The molecule has 1 aliphatic heterocycles. The van der Waals surface area contributed by atoms with Crippen molar-refractivity contribution in [1.29, 1.82) is 0 Å². The second kappa shape index (κ2) is 17.4. The predicted molar refractivity (Wildman–Crippen MR) is 130 cm³/mol. The van der Waals surface area contributed by atoms with E-state index in [1.54, 1.807) is 0 Å². The number of hydrogen-bond acceptors (Lipinski definition) is 9. The smallest absolute Gasteiger partial charge is 0.380 e. The molecule has 5 atom stereocenters. The Morgan fingerprint density at radius 2 is 1.59 bits per heavy atom. The van der Waals surface area contributed by atoms with Crippen LogP contribution in [0.2, 0.25) is 0 Å². The number of phosphoric ester groups is 2. The Kier molecular flexibility index (Phi) is 16.8. The summed E-state index contributed by atoms with van der Waals surface area (Å²) in [6, 6.07) is -0.748. The molecule has 2 unspecified atom stereocenters. The van der Waals surface area contributed by atoms with Crippen molar-refractivity contribution in [2.75, 3.05) is 31.8 Å². The Morgan fingerprint density at radius 3 is 2.22 bits per heavy atom. The first-order chi connectivity index (χ1) is 15.2. The summed E-state index contributed by atoms with van der Waals surface area (Å²) >= 11 is 0. The third kappa shape index (κ3) is 15.0. The lowest BCUT2D eigenvalue weighted by atomic mass is 9.96. The van der Waals surface area contributed by atoms with E-state index in [2.05, 4.69) is 11.4 Å². The number of unbranched alkanes of at least 4 members (excludes halogenated alkanes) is 6. The van der Waals surface area contributed by atoms with E-state index in [-0.39, 0.29) is 19.6 Å². The summed E-state index contributed by atoms with van der Waals surface area (Å²) < 4.78 is 48.3. The second-order valence-electron chi connectivity index (χ2n) is 7.46. The Balaban J connectivity index is 2.10. The molecule has 0 bridgehead atoms. The lowest BCUT2D eigenvalue weighted by Crippen LogP contribution is -2.28. The van der Waals surface area contributed by atoms with Crippen LogP contribution in [0.1, 0.15) is 64.7 Å². The largest absolute Gasteiger partial charge is 0.472 e. The van der Waals surface area contributed by atoms with Gasteiger partial charge >= 0.3 is 15.6 Å². The number of hydrogen-bond donors (Lipinski definition) is 2. The highest BCUT2D eigenvalue weighted by atomic mass is 33.1. The molecule has 1 aliphatic rings. The zero-order valence-corrected chi connectivity index (χ0v) is 22.4. The van der Waals surface area contributed by atoms with Crippen LogP contribution in [-0.2, 0) is 32.0 Å². The molecule has 0 aromatic carbocycles. The normalized spacial score (nSPS) is 24.9. The number of rotatable bonds is 20. The molecule has 14 heteroatoms. The molecule has 9 nitrogen and oxygen atoms in total. The van der Waals surface area contributed by atoms with Gasteiger partial charge in [0.1, 0.15) is 14.0 Å². The van der Waals surface area contributed by atoms with Crippen LogP contribution in [0.4, 0.5) is 0 Å². The molecule has 2 N–H and O–H groups in total. The minimum atomic E-state index is -4.28. The van der Waals surface area contributed by atoms with Gasteiger partial charge in [-0.3, -0.25) is 18.1 Å². The summed E-state index contributed by atoms with van der Waals surface area (Å²) in [6.45, 7) is 1.95. The fourth-order valence-electron chi connectivity index (χ4n) is 2.93. The van der Waals surface area contributed by atoms with Crippen molar-refractivity contribution in [2.45, 2.75) is 82.9 Å². The van der Waals surface area contributed by atoms with Crippen molar-refractivity contribution < 1.29 is 41.7 Å². The van der Waals surface area contributed by atoms with Gasteiger partial charge in [0.2, 0.25) is 0 Å². The Hall–Kier alpha value is 0.945. The summed E-state index contributed by atoms with van der Waals surface area (Å²) in [5.41, 5.74) is 0. The molecule has 188 valence electrons. The van der Waals surface area contributed by atoms with Gasteiger partial charge in [0.15, 0.2) is 0 Å². The topological polar surface area (TPSA) is 121 Å². The minimum absolute atomic E-state index is 0.105. The summed E-state index contributed by atoms with van der Waals surface area (Å²) in [5, 5.41) is 0. The zero-order chi connectivity index (χ0) is 23.9. The van der Waals surface area contributed by atoms with Crippen molar-refractivity contribution >= 4 is 45.1 Å². The van der Waals surface area contributed by atoms with Gasteiger partial charge < -0.3 is 14.5 Å². The summed E-state index contributed by atoms with van der Waals surface area (Å²) in [7, 11) is 2.02.